The molecule has 4 rings (SSSR count). The van der Waals surface area contributed by atoms with Gasteiger partial charge in [0.05, 0.1) is 17.2 Å². The lowest BCUT2D eigenvalue weighted by molar-refractivity contribution is -0.138. The maximum Gasteiger partial charge on any atom is 0.416 e. The molecule has 3 N–H and O–H groups in total. The highest BCUT2D eigenvalue weighted by Gasteiger charge is 2.42. The fourth-order valence-electron chi connectivity index (χ4n) is 4.76. The van der Waals surface area contributed by atoms with Crippen LogP contribution in [0.3, 0.4) is 0 Å². The highest BCUT2D eigenvalue weighted by atomic mass is 19.4. The summed E-state index contributed by atoms with van der Waals surface area (Å²) in [5.41, 5.74) is -0.195. The number of alkyl halides is 6. The summed E-state index contributed by atoms with van der Waals surface area (Å²) in [7, 11) is 0. The number of rotatable bonds is 7. The first-order valence-corrected chi connectivity index (χ1v) is 11.6. The molecule has 0 aliphatic heterocycles. The van der Waals surface area contributed by atoms with E-state index < -0.39 is 35.5 Å². The van der Waals surface area contributed by atoms with Gasteiger partial charge in [0.15, 0.2) is 5.82 Å². The predicted octanol–water partition coefficient (Wildman–Crippen LogP) is 4.87. The van der Waals surface area contributed by atoms with Crippen molar-refractivity contribution in [3.05, 3.63) is 83.2 Å². The Balaban J connectivity index is 1.50. The number of nitrogens with zero attached hydrogens (tertiary/aromatic N) is 2. The number of nitrogens with one attached hydrogen (secondary N) is 1. The average molecular weight is 525 g/mol. The first kappa shape index (κ1) is 27.0. The minimum Gasteiger partial charge on any atom is -0.396 e. The van der Waals surface area contributed by atoms with Gasteiger partial charge in [-0.05, 0) is 54.7 Å². The Hall–Kier alpha value is -3.02. The zero-order chi connectivity index (χ0) is 26.8. The lowest BCUT2D eigenvalue weighted by atomic mass is 9.88. The maximum absolute atomic E-state index is 13.1. The molecule has 37 heavy (non-hydrogen) atoms. The summed E-state index contributed by atoms with van der Waals surface area (Å²) in [4.78, 5) is 8.54. The van der Waals surface area contributed by atoms with Gasteiger partial charge in [0.1, 0.15) is 0 Å². The second kappa shape index (κ2) is 10.8. The van der Waals surface area contributed by atoms with Crippen LogP contribution < -0.4 is 5.32 Å². The van der Waals surface area contributed by atoms with E-state index in [1.54, 1.807) is 6.07 Å². The van der Waals surface area contributed by atoms with Gasteiger partial charge >= 0.3 is 12.4 Å². The predicted molar refractivity (Wildman–Crippen MR) is 123 cm³/mol. The van der Waals surface area contributed by atoms with E-state index in [0.29, 0.717) is 24.1 Å². The first-order valence-electron chi connectivity index (χ1n) is 11.6. The normalized spacial score (nSPS) is 22.4. The van der Waals surface area contributed by atoms with Crippen molar-refractivity contribution in [1.29, 1.82) is 0 Å². The molecule has 11 heteroatoms. The number of aliphatic hydroxyl groups is 2. The molecular weight excluding hydrogens is 500 g/mol. The molecule has 1 aliphatic carbocycles. The van der Waals surface area contributed by atoms with Crippen molar-refractivity contribution < 1.29 is 36.6 Å². The molecule has 0 spiro atoms. The minimum absolute atomic E-state index is 0.122. The number of halogens is 6. The number of aromatic nitrogens is 2. The fourth-order valence-corrected chi connectivity index (χ4v) is 4.76. The van der Waals surface area contributed by atoms with E-state index >= 15 is 0 Å². The molecule has 1 heterocycles. The van der Waals surface area contributed by atoms with Crippen LogP contribution >= 0.6 is 0 Å². The zero-order valence-corrected chi connectivity index (χ0v) is 19.5. The lowest BCUT2D eigenvalue weighted by Crippen LogP contribution is -2.36. The van der Waals surface area contributed by atoms with Gasteiger partial charge in [0.25, 0.3) is 0 Å². The number of benzene rings is 2. The largest absolute Gasteiger partial charge is 0.416 e. The van der Waals surface area contributed by atoms with Crippen LogP contribution in [0.5, 0.6) is 0 Å². The third-order valence-electron chi connectivity index (χ3n) is 6.72. The lowest BCUT2D eigenvalue weighted by Gasteiger charge is -2.25. The van der Waals surface area contributed by atoms with Crippen molar-refractivity contribution in [2.75, 3.05) is 6.61 Å². The molecule has 0 bridgehead atoms. The SMILES string of the molecule is OCC1C(O)CC(NCc2ccc(C(F)(F)F)cc2)C1Cc1ccnc(-c2cccc(C(F)(F)F)c2)n1. The minimum atomic E-state index is -4.51. The van der Waals surface area contributed by atoms with Crippen molar-refractivity contribution in [3.8, 4) is 11.4 Å². The van der Waals surface area contributed by atoms with Gasteiger partial charge in [-0.2, -0.15) is 26.3 Å². The Morgan fingerprint density at radius 2 is 1.59 bits per heavy atom. The summed E-state index contributed by atoms with van der Waals surface area (Å²) in [5, 5.41) is 23.7. The number of hydrogen-bond donors (Lipinski definition) is 3. The van der Waals surface area contributed by atoms with E-state index in [-0.39, 0.29) is 36.5 Å². The first-order chi connectivity index (χ1) is 17.5. The van der Waals surface area contributed by atoms with E-state index in [1.165, 1.54) is 30.5 Å². The Bertz CT molecular complexity index is 1200. The highest BCUT2D eigenvalue weighted by Crippen LogP contribution is 2.36. The summed E-state index contributed by atoms with van der Waals surface area (Å²) < 4.78 is 77.8. The van der Waals surface area contributed by atoms with Crippen molar-refractivity contribution in [1.82, 2.24) is 15.3 Å². The molecule has 0 radical (unpaired) electrons. The molecule has 4 unspecified atom stereocenters. The summed E-state index contributed by atoms with van der Waals surface area (Å²) in [6.45, 7) is -0.0285. The van der Waals surface area contributed by atoms with E-state index in [9.17, 15) is 36.6 Å². The van der Waals surface area contributed by atoms with Crippen LogP contribution in [0.4, 0.5) is 26.3 Å². The molecule has 1 aliphatic rings. The third kappa shape index (κ3) is 6.46. The van der Waals surface area contributed by atoms with Crippen LogP contribution in [0, 0.1) is 11.8 Å². The Morgan fingerprint density at radius 1 is 0.892 bits per heavy atom. The van der Waals surface area contributed by atoms with Crippen LogP contribution in [0.2, 0.25) is 0 Å². The summed E-state index contributed by atoms with van der Waals surface area (Å²) >= 11 is 0. The van der Waals surface area contributed by atoms with Gasteiger partial charge < -0.3 is 15.5 Å². The molecule has 4 atom stereocenters. The standard InChI is InChI=1S/C26H25F6N3O2/c27-25(28,29)17-6-4-15(5-7-17)13-34-22-12-23(37)21(14-36)20(22)11-19-8-9-33-24(35-19)16-2-1-3-18(10-16)26(30,31)32/h1-10,20-23,34,36-37H,11-14H2. The van der Waals surface area contributed by atoms with Crippen molar-refractivity contribution in [2.45, 2.75) is 43.9 Å². The molecule has 3 aromatic rings. The smallest absolute Gasteiger partial charge is 0.396 e. The maximum atomic E-state index is 13.1. The van der Waals surface area contributed by atoms with Crippen LogP contribution in [0.15, 0.2) is 60.8 Å². The van der Waals surface area contributed by atoms with Gasteiger partial charge in [-0.15, -0.1) is 0 Å². The molecule has 1 aromatic heterocycles. The molecule has 5 nitrogen and oxygen atoms in total. The highest BCUT2D eigenvalue weighted by molar-refractivity contribution is 5.56. The second-order valence-electron chi connectivity index (χ2n) is 9.15. The monoisotopic (exact) mass is 525 g/mol. The van der Waals surface area contributed by atoms with Gasteiger partial charge in [-0.1, -0.05) is 24.3 Å². The number of aliphatic hydroxyl groups excluding tert-OH is 2. The Labute approximate surface area is 209 Å². The van der Waals surface area contributed by atoms with E-state index in [4.69, 9.17) is 0 Å². The van der Waals surface area contributed by atoms with Gasteiger partial charge in [0.2, 0.25) is 0 Å². The quantitative estimate of drug-likeness (QED) is 0.384. The van der Waals surface area contributed by atoms with Crippen molar-refractivity contribution in [3.63, 3.8) is 0 Å². The molecule has 198 valence electrons. The topological polar surface area (TPSA) is 78.3 Å². The molecular formula is C26H25F6N3O2. The van der Waals surface area contributed by atoms with Gasteiger partial charge in [-0.25, -0.2) is 9.97 Å². The van der Waals surface area contributed by atoms with Crippen LogP contribution in [-0.2, 0) is 25.3 Å². The van der Waals surface area contributed by atoms with E-state index in [1.807, 2.05) is 0 Å². The summed E-state index contributed by atoms with van der Waals surface area (Å²) in [5.74, 6) is -0.632. The average Bonchev–Trinajstić information content (AvgIpc) is 3.15. The molecule has 1 saturated carbocycles. The summed E-state index contributed by atoms with van der Waals surface area (Å²) in [6, 6.07) is 10.8. The summed E-state index contributed by atoms with van der Waals surface area (Å²) in [6.07, 6.45) is -7.66. The fraction of sp³-hybridized carbons (Fsp3) is 0.385. The van der Waals surface area contributed by atoms with Crippen LogP contribution in [0.1, 0.15) is 28.8 Å². The van der Waals surface area contributed by atoms with Crippen molar-refractivity contribution in [2.24, 2.45) is 11.8 Å². The van der Waals surface area contributed by atoms with Crippen LogP contribution in [0.25, 0.3) is 11.4 Å². The zero-order valence-electron chi connectivity index (χ0n) is 19.5. The van der Waals surface area contributed by atoms with Crippen molar-refractivity contribution >= 4 is 0 Å². The number of hydrogen-bond acceptors (Lipinski definition) is 5. The molecule has 0 saturated heterocycles. The molecule has 0 amide bonds. The Morgan fingerprint density at radius 3 is 2.24 bits per heavy atom. The van der Waals surface area contributed by atoms with Gasteiger partial charge in [-0.3, -0.25) is 0 Å². The third-order valence-corrected chi connectivity index (χ3v) is 6.72. The second-order valence-corrected chi connectivity index (χ2v) is 9.15. The van der Waals surface area contributed by atoms with E-state index in [0.717, 1.165) is 24.3 Å². The van der Waals surface area contributed by atoms with Crippen LogP contribution in [-0.4, -0.2) is 38.9 Å². The Kier molecular flexibility index (Phi) is 7.86. The van der Waals surface area contributed by atoms with E-state index in [2.05, 4.69) is 15.3 Å². The molecule has 2 aromatic carbocycles. The van der Waals surface area contributed by atoms with Gasteiger partial charge in [0, 0.05) is 42.6 Å². The molecule has 1 fully saturated rings.